The van der Waals surface area contributed by atoms with Gasteiger partial charge in [-0.3, -0.25) is 9.48 Å². The summed E-state index contributed by atoms with van der Waals surface area (Å²) in [7, 11) is 1.61. The maximum atomic E-state index is 12.5. The van der Waals surface area contributed by atoms with Gasteiger partial charge in [-0.1, -0.05) is 28.1 Å². The molecule has 0 aliphatic carbocycles. The first-order valence-corrected chi connectivity index (χ1v) is 10.0. The molecule has 3 aromatic rings. The Hall–Kier alpha value is -2.45. The van der Waals surface area contributed by atoms with Gasteiger partial charge >= 0.3 is 0 Å². The highest BCUT2D eigenvalue weighted by Crippen LogP contribution is 2.17. The maximum Gasteiger partial charge on any atom is 0.293 e. The minimum absolute atomic E-state index is 0.281. The number of nitrogens with one attached hydrogen (secondary N) is 1. The van der Waals surface area contributed by atoms with Crippen molar-refractivity contribution in [1.29, 1.82) is 0 Å². The lowest BCUT2D eigenvalue weighted by Gasteiger charge is -2.04. The van der Waals surface area contributed by atoms with Crippen LogP contribution in [0.5, 0.6) is 5.75 Å². The largest absolute Gasteiger partial charge is 0.497 e. The average Bonchev–Trinajstić information content (AvgIpc) is 3.07. The zero-order chi connectivity index (χ0) is 20.1. The van der Waals surface area contributed by atoms with Crippen LogP contribution in [0.4, 0.5) is 0 Å². The summed E-state index contributed by atoms with van der Waals surface area (Å²) in [6.07, 6.45) is 1.77. The van der Waals surface area contributed by atoms with Gasteiger partial charge < -0.3 is 4.74 Å². The number of hydrogen-bond donors (Lipinski definition) is 1. The number of nitrogens with zero attached hydrogens (tertiary/aromatic N) is 3. The van der Waals surface area contributed by atoms with Crippen molar-refractivity contribution in [2.24, 2.45) is 5.10 Å². The monoisotopic (exact) mass is 504 g/mol. The lowest BCUT2D eigenvalue weighted by molar-refractivity contribution is 0.0948. The Morgan fingerprint density at radius 3 is 2.46 bits per heavy atom. The van der Waals surface area contributed by atoms with E-state index in [9.17, 15) is 4.79 Å². The summed E-state index contributed by atoms with van der Waals surface area (Å²) in [5.74, 6) is 0.384. The number of carbonyl (C=O) groups excluding carboxylic acids is 1. The molecule has 1 aromatic heterocycles. The standard InChI is InChI=1S/C20H18Br2N4O2/c1-13(15-5-9-17(28-2)10-6-15)23-24-20(27)19-18(22)12-26(25-19)11-14-3-7-16(21)8-4-14/h3-10,12H,11H2,1-2H3,(H,24,27). The van der Waals surface area contributed by atoms with Crippen LogP contribution in [0.1, 0.15) is 28.5 Å². The van der Waals surface area contributed by atoms with E-state index in [0.717, 1.165) is 21.3 Å². The second-order valence-electron chi connectivity index (χ2n) is 6.02. The van der Waals surface area contributed by atoms with Crippen LogP contribution < -0.4 is 10.2 Å². The third-order valence-corrected chi connectivity index (χ3v) is 5.13. The van der Waals surface area contributed by atoms with Crippen LogP contribution >= 0.6 is 31.9 Å². The number of ether oxygens (including phenoxy) is 1. The van der Waals surface area contributed by atoms with Crippen molar-refractivity contribution >= 4 is 43.5 Å². The molecule has 0 unspecified atom stereocenters. The summed E-state index contributed by atoms with van der Waals surface area (Å²) >= 11 is 6.81. The molecule has 6 nitrogen and oxygen atoms in total. The second kappa shape index (κ2) is 9.16. The Bertz CT molecular complexity index is 996. The first-order chi connectivity index (χ1) is 13.5. The normalized spacial score (nSPS) is 11.4. The summed E-state index contributed by atoms with van der Waals surface area (Å²) in [5, 5.41) is 8.53. The van der Waals surface area contributed by atoms with Gasteiger partial charge in [0.2, 0.25) is 0 Å². The topological polar surface area (TPSA) is 68.5 Å². The van der Waals surface area contributed by atoms with Gasteiger partial charge in [0.15, 0.2) is 5.69 Å². The summed E-state index contributed by atoms with van der Waals surface area (Å²) in [5.41, 5.74) is 5.49. The van der Waals surface area contributed by atoms with E-state index in [0.29, 0.717) is 16.7 Å². The second-order valence-corrected chi connectivity index (χ2v) is 7.79. The number of hydrazone groups is 1. The lowest BCUT2D eigenvalue weighted by atomic mass is 10.1. The Labute approximate surface area is 179 Å². The van der Waals surface area contributed by atoms with E-state index >= 15 is 0 Å². The van der Waals surface area contributed by atoms with Crippen molar-refractivity contribution < 1.29 is 9.53 Å². The fourth-order valence-electron chi connectivity index (χ4n) is 2.49. The van der Waals surface area contributed by atoms with Crippen molar-refractivity contribution in [2.45, 2.75) is 13.5 Å². The molecule has 1 heterocycles. The number of hydrogen-bond acceptors (Lipinski definition) is 4. The Balaban J connectivity index is 1.68. The van der Waals surface area contributed by atoms with Gasteiger partial charge in [-0.05, 0) is 70.4 Å². The molecule has 0 aliphatic heterocycles. The fraction of sp³-hybridized carbons (Fsp3) is 0.150. The van der Waals surface area contributed by atoms with E-state index in [1.807, 2.05) is 55.5 Å². The summed E-state index contributed by atoms with van der Waals surface area (Å²) in [4.78, 5) is 12.5. The molecule has 0 spiro atoms. The van der Waals surface area contributed by atoms with Crippen LogP contribution in [-0.2, 0) is 6.54 Å². The highest BCUT2D eigenvalue weighted by Gasteiger charge is 2.15. The summed E-state index contributed by atoms with van der Waals surface area (Å²) in [6, 6.07) is 15.4. The summed E-state index contributed by atoms with van der Waals surface area (Å²) in [6.45, 7) is 2.39. The van der Waals surface area contributed by atoms with Crippen molar-refractivity contribution in [3.05, 3.63) is 80.5 Å². The molecule has 0 bridgehead atoms. The highest BCUT2D eigenvalue weighted by atomic mass is 79.9. The van der Waals surface area contributed by atoms with Gasteiger partial charge in [0.1, 0.15) is 5.75 Å². The zero-order valence-corrected chi connectivity index (χ0v) is 18.5. The van der Waals surface area contributed by atoms with Crippen molar-refractivity contribution in [2.75, 3.05) is 7.11 Å². The van der Waals surface area contributed by atoms with Gasteiger partial charge in [0.25, 0.3) is 5.91 Å². The number of benzene rings is 2. The van der Waals surface area contributed by atoms with Gasteiger partial charge in [0.05, 0.1) is 23.8 Å². The van der Waals surface area contributed by atoms with Crippen LogP contribution in [0, 0.1) is 0 Å². The number of rotatable bonds is 6. The van der Waals surface area contributed by atoms with Gasteiger partial charge in [0, 0.05) is 10.7 Å². The Morgan fingerprint density at radius 2 is 1.82 bits per heavy atom. The highest BCUT2D eigenvalue weighted by molar-refractivity contribution is 9.10. The molecule has 0 radical (unpaired) electrons. The first-order valence-electron chi connectivity index (χ1n) is 8.42. The van der Waals surface area contributed by atoms with Crippen LogP contribution in [0.15, 0.2) is 68.8 Å². The molecule has 3 rings (SSSR count). The average molecular weight is 506 g/mol. The molecule has 0 fully saturated rings. The number of aromatic nitrogens is 2. The lowest BCUT2D eigenvalue weighted by Crippen LogP contribution is -2.20. The molecule has 8 heteroatoms. The number of halogens is 2. The van der Waals surface area contributed by atoms with Crippen LogP contribution in [0.3, 0.4) is 0 Å². The predicted molar refractivity (Wildman–Crippen MR) is 116 cm³/mol. The molecule has 1 amide bonds. The fourth-order valence-corrected chi connectivity index (χ4v) is 3.25. The zero-order valence-electron chi connectivity index (χ0n) is 15.3. The van der Waals surface area contributed by atoms with Crippen LogP contribution in [-0.4, -0.2) is 28.5 Å². The van der Waals surface area contributed by atoms with E-state index in [1.54, 1.807) is 18.0 Å². The quantitative estimate of drug-likeness (QED) is 0.392. The first kappa shape index (κ1) is 20.3. The van der Waals surface area contributed by atoms with Crippen molar-refractivity contribution in [1.82, 2.24) is 15.2 Å². The number of amides is 1. The van der Waals surface area contributed by atoms with E-state index < -0.39 is 0 Å². The van der Waals surface area contributed by atoms with E-state index in [-0.39, 0.29) is 11.6 Å². The number of carbonyl (C=O) groups is 1. The molecule has 0 saturated heterocycles. The Kier molecular flexibility index (Phi) is 6.64. The van der Waals surface area contributed by atoms with Crippen LogP contribution in [0.2, 0.25) is 0 Å². The smallest absolute Gasteiger partial charge is 0.293 e. The van der Waals surface area contributed by atoms with Gasteiger partial charge in [-0.25, -0.2) is 5.43 Å². The molecular weight excluding hydrogens is 488 g/mol. The molecule has 1 N–H and O–H groups in total. The van der Waals surface area contributed by atoms with E-state index in [1.165, 1.54) is 0 Å². The minimum atomic E-state index is -0.380. The third kappa shape index (κ3) is 5.08. The molecule has 144 valence electrons. The van der Waals surface area contributed by atoms with Gasteiger partial charge in [-0.15, -0.1) is 0 Å². The molecule has 2 aromatic carbocycles. The Morgan fingerprint density at radius 1 is 1.14 bits per heavy atom. The number of methoxy groups -OCH3 is 1. The SMILES string of the molecule is COc1ccc(C(C)=NNC(=O)c2nn(Cc3ccc(Br)cc3)cc2Br)cc1. The summed E-state index contributed by atoms with van der Waals surface area (Å²) < 4.78 is 8.48. The van der Waals surface area contributed by atoms with Gasteiger partial charge in [-0.2, -0.15) is 10.2 Å². The van der Waals surface area contributed by atoms with Crippen molar-refractivity contribution in [3.8, 4) is 5.75 Å². The molecule has 0 atom stereocenters. The van der Waals surface area contributed by atoms with Crippen LogP contribution in [0.25, 0.3) is 0 Å². The van der Waals surface area contributed by atoms with E-state index in [2.05, 4.69) is 47.5 Å². The molecule has 0 saturated carbocycles. The van der Waals surface area contributed by atoms with E-state index in [4.69, 9.17) is 4.74 Å². The third-order valence-electron chi connectivity index (χ3n) is 4.02. The minimum Gasteiger partial charge on any atom is -0.497 e. The molecular formula is C20H18Br2N4O2. The molecule has 28 heavy (non-hydrogen) atoms. The maximum absolute atomic E-state index is 12.5. The molecule has 0 aliphatic rings. The van der Waals surface area contributed by atoms with Crippen molar-refractivity contribution in [3.63, 3.8) is 0 Å². The predicted octanol–water partition coefficient (Wildman–Crippen LogP) is 4.62.